The predicted molar refractivity (Wildman–Crippen MR) is 118 cm³/mol. The van der Waals surface area contributed by atoms with E-state index in [9.17, 15) is 4.57 Å². The lowest BCUT2D eigenvalue weighted by Crippen LogP contribution is -2.45. The molecule has 0 saturated carbocycles. The van der Waals surface area contributed by atoms with Crippen LogP contribution in [0.5, 0.6) is 0 Å². The van der Waals surface area contributed by atoms with E-state index in [0.717, 1.165) is 30.4 Å². The first-order valence-corrected chi connectivity index (χ1v) is 13.3. The van der Waals surface area contributed by atoms with Crippen molar-refractivity contribution in [2.24, 2.45) is 0 Å². The van der Waals surface area contributed by atoms with Gasteiger partial charge < -0.3 is 4.48 Å². The highest BCUT2D eigenvalue weighted by molar-refractivity contribution is 7.48. The Morgan fingerprint density at radius 1 is 0.714 bits per heavy atom. The van der Waals surface area contributed by atoms with E-state index in [2.05, 4.69) is 21.0 Å². The standard InChI is InChI=1S/C22H47NO4P/c1-4-5-6-7-8-9-10-11-12-13-14-15-16-17-20-25-28(24)26-21-18-23(2,3)19-22-27-28/h4-22H2,1-3H3/q+1. The number of phosphoric ester groups is 1. The molecule has 0 amide bonds. The van der Waals surface area contributed by atoms with Crippen LogP contribution in [0.3, 0.4) is 0 Å². The van der Waals surface area contributed by atoms with Crippen molar-refractivity contribution in [2.45, 2.75) is 96.8 Å². The quantitative estimate of drug-likeness (QED) is 0.158. The summed E-state index contributed by atoms with van der Waals surface area (Å²) in [5.41, 5.74) is 0. The fourth-order valence-corrected chi connectivity index (χ4v) is 4.68. The number of phosphoric acid groups is 1. The maximum Gasteiger partial charge on any atom is 0.475 e. The summed E-state index contributed by atoms with van der Waals surface area (Å²) < 4.78 is 29.6. The number of hydrogen-bond donors (Lipinski definition) is 0. The zero-order valence-electron chi connectivity index (χ0n) is 19.0. The minimum absolute atomic E-state index is 0.420. The van der Waals surface area contributed by atoms with Crippen LogP contribution in [0.4, 0.5) is 0 Å². The number of unbranched alkanes of at least 4 members (excludes halogenated alkanes) is 13. The summed E-state index contributed by atoms with van der Waals surface area (Å²) >= 11 is 0. The van der Waals surface area contributed by atoms with E-state index >= 15 is 0 Å². The van der Waals surface area contributed by atoms with Crippen LogP contribution in [0, 0.1) is 0 Å². The molecule has 28 heavy (non-hydrogen) atoms. The molecule has 0 atom stereocenters. The molecule has 0 aliphatic carbocycles. The molecule has 1 saturated heterocycles. The van der Waals surface area contributed by atoms with Crippen LogP contribution in [-0.4, -0.2) is 51.5 Å². The fraction of sp³-hybridized carbons (Fsp3) is 1.00. The van der Waals surface area contributed by atoms with Crippen LogP contribution in [0.2, 0.25) is 0 Å². The highest BCUT2D eigenvalue weighted by atomic mass is 31.2. The Labute approximate surface area is 174 Å². The van der Waals surface area contributed by atoms with Gasteiger partial charge in [0.25, 0.3) is 0 Å². The molecule has 1 aliphatic heterocycles. The average molecular weight is 421 g/mol. The van der Waals surface area contributed by atoms with E-state index in [1.54, 1.807) is 0 Å². The molecule has 0 spiro atoms. The van der Waals surface area contributed by atoms with Crippen LogP contribution in [0.25, 0.3) is 0 Å². The van der Waals surface area contributed by atoms with Gasteiger partial charge in [0.15, 0.2) is 0 Å². The van der Waals surface area contributed by atoms with E-state index in [1.165, 1.54) is 77.0 Å². The zero-order chi connectivity index (χ0) is 20.6. The SMILES string of the molecule is CCCCCCCCCCCCCCCCOP1(=O)OCC[N+](C)(C)CCO1. The molecule has 1 fully saturated rings. The fourth-order valence-electron chi connectivity index (χ4n) is 3.50. The van der Waals surface area contributed by atoms with Crippen molar-refractivity contribution in [3.05, 3.63) is 0 Å². The van der Waals surface area contributed by atoms with Crippen molar-refractivity contribution < 1.29 is 22.6 Å². The molecule has 0 aromatic carbocycles. The smallest absolute Gasteiger partial charge is 0.325 e. The molecule has 1 aliphatic rings. The van der Waals surface area contributed by atoms with E-state index in [4.69, 9.17) is 13.6 Å². The summed E-state index contributed by atoms with van der Waals surface area (Å²) in [6.07, 6.45) is 18.5. The van der Waals surface area contributed by atoms with Gasteiger partial charge in [0.05, 0.1) is 20.7 Å². The lowest BCUT2D eigenvalue weighted by molar-refractivity contribution is -0.891. The second-order valence-electron chi connectivity index (χ2n) is 8.93. The minimum Gasteiger partial charge on any atom is -0.325 e. The molecule has 5 nitrogen and oxygen atoms in total. The normalized spacial score (nSPS) is 19.2. The molecule has 0 unspecified atom stereocenters. The molecule has 1 rings (SSSR count). The van der Waals surface area contributed by atoms with Gasteiger partial charge in [-0.1, -0.05) is 90.4 Å². The molecule has 0 bridgehead atoms. The summed E-state index contributed by atoms with van der Waals surface area (Å²) in [6.45, 7) is 5.24. The Hall–Kier alpha value is 0.0700. The third kappa shape index (κ3) is 14.1. The van der Waals surface area contributed by atoms with Crippen LogP contribution in [0.1, 0.15) is 96.8 Å². The van der Waals surface area contributed by atoms with E-state index in [-0.39, 0.29) is 0 Å². The number of hydrogen-bond acceptors (Lipinski definition) is 4. The Bertz CT molecular complexity index is 401. The van der Waals surface area contributed by atoms with Gasteiger partial charge in [-0.25, -0.2) is 4.57 Å². The monoisotopic (exact) mass is 420 g/mol. The van der Waals surface area contributed by atoms with E-state index in [0.29, 0.717) is 19.8 Å². The Morgan fingerprint density at radius 2 is 1.11 bits per heavy atom. The van der Waals surface area contributed by atoms with Crippen molar-refractivity contribution in [1.29, 1.82) is 0 Å². The van der Waals surface area contributed by atoms with E-state index < -0.39 is 7.82 Å². The van der Waals surface area contributed by atoms with Gasteiger partial charge >= 0.3 is 7.82 Å². The zero-order valence-corrected chi connectivity index (χ0v) is 19.9. The second-order valence-corrected chi connectivity index (χ2v) is 10.6. The van der Waals surface area contributed by atoms with Crippen LogP contribution < -0.4 is 0 Å². The number of likely N-dealkylation sites (N-methyl/N-ethyl adjacent to an activating group) is 1. The second kappa shape index (κ2) is 15.8. The Morgan fingerprint density at radius 3 is 1.54 bits per heavy atom. The summed E-state index contributed by atoms with van der Waals surface area (Å²) in [4.78, 5) is 0. The van der Waals surface area contributed by atoms with Gasteiger partial charge in [0.1, 0.15) is 26.3 Å². The molecule has 0 radical (unpaired) electrons. The molecule has 6 heteroatoms. The first kappa shape index (κ1) is 26.1. The number of quaternary nitrogens is 1. The van der Waals surface area contributed by atoms with Crippen molar-refractivity contribution in [3.63, 3.8) is 0 Å². The van der Waals surface area contributed by atoms with Crippen molar-refractivity contribution in [1.82, 2.24) is 0 Å². The van der Waals surface area contributed by atoms with Crippen LogP contribution >= 0.6 is 7.82 Å². The predicted octanol–water partition coefficient (Wildman–Crippen LogP) is 6.72. The van der Waals surface area contributed by atoms with Crippen LogP contribution in [-0.2, 0) is 18.1 Å². The van der Waals surface area contributed by atoms with Gasteiger partial charge in [0, 0.05) is 0 Å². The first-order chi connectivity index (χ1) is 13.5. The number of rotatable bonds is 16. The topological polar surface area (TPSA) is 44.8 Å². The largest absolute Gasteiger partial charge is 0.475 e. The molecule has 0 N–H and O–H groups in total. The van der Waals surface area contributed by atoms with Crippen molar-refractivity contribution >= 4 is 7.82 Å². The lowest BCUT2D eigenvalue weighted by Gasteiger charge is -2.32. The van der Waals surface area contributed by atoms with Gasteiger partial charge in [-0.05, 0) is 6.42 Å². The minimum atomic E-state index is -3.34. The van der Waals surface area contributed by atoms with Crippen molar-refractivity contribution in [2.75, 3.05) is 47.0 Å². The Kier molecular flexibility index (Phi) is 14.8. The van der Waals surface area contributed by atoms with Crippen LogP contribution in [0.15, 0.2) is 0 Å². The first-order valence-electron chi connectivity index (χ1n) is 11.8. The highest BCUT2D eigenvalue weighted by Gasteiger charge is 2.31. The summed E-state index contributed by atoms with van der Waals surface area (Å²) in [5, 5.41) is 0. The van der Waals surface area contributed by atoms with Gasteiger partial charge in [-0.15, -0.1) is 0 Å². The van der Waals surface area contributed by atoms with Gasteiger partial charge in [-0.2, -0.15) is 0 Å². The number of nitrogens with zero attached hydrogens (tertiary/aromatic N) is 1. The molecule has 0 aromatic heterocycles. The third-order valence-corrected chi connectivity index (χ3v) is 7.14. The maximum absolute atomic E-state index is 12.5. The van der Waals surface area contributed by atoms with E-state index in [1.807, 2.05) is 0 Å². The molecule has 168 valence electrons. The van der Waals surface area contributed by atoms with Crippen molar-refractivity contribution in [3.8, 4) is 0 Å². The third-order valence-electron chi connectivity index (χ3n) is 5.64. The lowest BCUT2D eigenvalue weighted by atomic mass is 10.0. The highest BCUT2D eigenvalue weighted by Crippen LogP contribution is 2.50. The molecular formula is C22H47NO4P+. The molecule has 1 heterocycles. The summed E-state index contributed by atoms with van der Waals surface area (Å²) in [6, 6.07) is 0. The molecular weight excluding hydrogens is 373 g/mol. The Balaban J connectivity index is 1.88. The maximum atomic E-state index is 12.5. The summed E-state index contributed by atoms with van der Waals surface area (Å²) in [5.74, 6) is 0. The van der Waals surface area contributed by atoms with Gasteiger partial charge in [0.2, 0.25) is 0 Å². The molecule has 0 aromatic rings. The average Bonchev–Trinajstić information content (AvgIpc) is 2.63. The van der Waals surface area contributed by atoms with Gasteiger partial charge in [-0.3, -0.25) is 13.6 Å². The summed E-state index contributed by atoms with van der Waals surface area (Å²) in [7, 11) is 0.910.